The van der Waals surface area contributed by atoms with Crippen LogP contribution in [-0.2, 0) is 24.6 Å². The molecule has 1 atom stereocenters. The Morgan fingerprint density at radius 3 is 2.60 bits per heavy atom. The molecule has 248 valence electrons. The van der Waals surface area contributed by atoms with Gasteiger partial charge in [0.25, 0.3) is 0 Å². The molecule has 2 aliphatic heterocycles. The second-order valence-electron chi connectivity index (χ2n) is 12.0. The molecular formula is C38H38ClN3O6. The van der Waals surface area contributed by atoms with E-state index >= 15 is 0 Å². The van der Waals surface area contributed by atoms with E-state index in [4.69, 9.17) is 30.5 Å². The maximum Gasteiger partial charge on any atom is 0.222 e. The van der Waals surface area contributed by atoms with E-state index in [1.807, 2.05) is 42.5 Å². The van der Waals surface area contributed by atoms with Gasteiger partial charge in [0.05, 0.1) is 22.8 Å². The number of ether oxygens (including phenoxy) is 4. The van der Waals surface area contributed by atoms with E-state index in [0.29, 0.717) is 67.9 Å². The molecular weight excluding hydrogens is 630 g/mol. The summed E-state index contributed by atoms with van der Waals surface area (Å²) in [6, 6.07) is 25.1. The van der Waals surface area contributed by atoms with Crippen molar-refractivity contribution in [3.8, 4) is 40.2 Å². The second kappa shape index (κ2) is 15.4. The minimum atomic E-state index is -0.704. The molecule has 0 radical (unpaired) electrons. The molecule has 9 nitrogen and oxygen atoms in total. The normalized spacial score (nSPS) is 14.5. The third-order valence-electron chi connectivity index (χ3n) is 8.55. The standard InChI is InChI=1S/C38H38ClN3O6/c1-25-29(7-3-8-32(25)28-10-11-34-37(17-28)46-14-13-45-34)24-48-36-18-35(47-23-27-6-2-5-26(15-27)19-40)30(16-33(36)39)20-41-21-31(43)22-42-12-4-9-38(42)44/h2-3,5-8,10-11,15-18,31,41,43H,4,9,12-14,20-24H2,1H3. The molecule has 2 N–H and O–H groups in total. The number of carbonyl (C=O) groups excluding carboxylic acids is 1. The minimum absolute atomic E-state index is 0.0813. The Morgan fingerprint density at radius 1 is 0.979 bits per heavy atom. The molecule has 1 unspecified atom stereocenters. The zero-order valence-electron chi connectivity index (χ0n) is 26.8. The van der Waals surface area contributed by atoms with Crippen molar-refractivity contribution < 1.29 is 28.8 Å². The fourth-order valence-corrected chi connectivity index (χ4v) is 6.20. The number of hydrogen-bond donors (Lipinski definition) is 2. The number of nitrogens with one attached hydrogen (secondary N) is 1. The maximum absolute atomic E-state index is 12.0. The molecule has 4 aromatic carbocycles. The number of aliphatic hydroxyl groups is 1. The topological polar surface area (TPSA) is 113 Å². The Bertz CT molecular complexity index is 1820. The highest BCUT2D eigenvalue weighted by Gasteiger charge is 2.22. The van der Waals surface area contributed by atoms with E-state index in [2.05, 4.69) is 24.4 Å². The number of nitriles is 1. The number of carbonyl (C=O) groups is 1. The molecule has 1 fully saturated rings. The molecule has 0 saturated carbocycles. The first-order valence-electron chi connectivity index (χ1n) is 16.1. The van der Waals surface area contributed by atoms with Gasteiger partial charge in [0.1, 0.15) is 37.9 Å². The Hall–Kier alpha value is -4.75. The molecule has 2 heterocycles. The first-order valence-corrected chi connectivity index (χ1v) is 16.5. The van der Waals surface area contributed by atoms with Gasteiger partial charge >= 0.3 is 0 Å². The fourth-order valence-electron chi connectivity index (χ4n) is 5.96. The van der Waals surface area contributed by atoms with E-state index in [1.165, 1.54) is 0 Å². The van der Waals surface area contributed by atoms with E-state index < -0.39 is 6.10 Å². The molecule has 1 amide bonds. The van der Waals surface area contributed by atoms with Crippen molar-refractivity contribution in [2.24, 2.45) is 0 Å². The summed E-state index contributed by atoms with van der Waals surface area (Å²) < 4.78 is 24.1. The molecule has 10 heteroatoms. The monoisotopic (exact) mass is 667 g/mol. The largest absolute Gasteiger partial charge is 0.488 e. The van der Waals surface area contributed by atoms with Gasteiger partial charge in [-0.1, -0.05) is 48.0 Å². The van der Waals surface area contributed by atoms with Crippen LogP contribution in [0.2, 0.25) is 5.02 Å². The summed E-state index contributed by atoms with van der Waals surface area (Å²) >= 11 is 6.77. The highest BCUT2D eigenvalue weighted by Crippen LogP contribution is 2.37. The van der Waals surface area contributed by atoms with Crippen LogP contribution < -0.4 is 24.3 Å². The molecule has 1 saturated heterocycles. The average molecular weight is 668 g/mol. The van der Waals surface area contributed by atoms with Crippen LogP contribution in [-0.4, -0.2) is 54.9 Å². The number of benzene rings is 4. The van der Waals surface area contributed by atoms with Gasteiger partial charge in [0, 0.05) is 44.2 Å². The van der Waals surface area contributed by atoms with Crippen LogP contribution in [0.15, 0.2) is 72.8 Å². The van der Waals surface area contributed by atoms with Gasteiger partial charge in [-0.15, -0.1) is 0 Å². The fraction of sp³-hybridized carbons (Fsp3) is 0.316. The highest BCUT2D eigenvalue weighted by molar-refractivity contribution is 6.32. The van der Waals surface area contributed by atoms with Gasteiger partial charge in [-0.25, -0.2) is 0 Å². The first-order chi connectivity index (χ1) is 23.4. The Balaban J connectivity index is 1.17. The number of hydrogen-bond acceptors (Lipinski definition) is 8. The number of nitrogens with zero attached hydrogens (tertiary/aromatic N) is 2. The van der Waals surface area contributed by atoms with Crippen LogP contribution in [0, 0.1) is 18.3 Å². The van der Waals surface area contributed by atoms with Gasteiger partial charge in [0.15, 0.2) is 11.5 Å². The lowest BCUT2D eigenvalue weighted by atomic mass is 9.96. The Kier molecular flexibility index (Phi) is 10.7. The SMILES string of the molecule is Cc1c(COc2cc(OCc3cccc(C#N)c3)c(CNCC(O)CN3CCCC3=O)cc2Cl)cccc1-c1ccc2c(c1)OCCO2. The summed E-state index contributed by atoms with van der Waals surface area (Å²) in [5, 5.41) is 23.6. The predicted molar refractivity (Wildman–Crippen MR) is 182 cm³/mol. The van der Waals surface area contributed by atoms with Crippen molar-refractivity contribution in [1.82, 2.24) is 10.2 Å². The summed E-state index contributed by atoms with van der Waals surface area (Å²) in [6.07, 6.45) is 0.662. The molecule has 4 aromatic rings. The number of amides is 1. The Labute approximate surface area is 285 Å². The molecule has 6 rings (SSSR count). The van der Waals surface area contributed by atoms with Crippen molar-refractivity contribution in [2.75, 3.05) is 32.8 Å². The molecule has 0 spiro atoms. The summed E-state index contributed by atoms with van der Waals surface area (Å²) in [5.74, 6) is 2.61. The lowest BCUT2D eigenvalue weighted by molar-refractivity contribution is -0.128. The number of fused-ring (bicyclic) bond motifs is 1. The lowest BCUT2D eigenvalue weighted by Gasteiger charge is -2.21. The van der Waals surface area contributed by atoms with Crippen LogP contribution in [0.4, 0.5) is 0 Å². The first kappa shape index (κ1) is 33.2. The van der Waals surface area contributed by atoms with Crippen LogP contribution in [0.3, 0.4) is 0 Å². The van der Waals surface area contributed by atoms with E-state index in [9.17, 15) is 15.2 Å². The van der Waals surface area contributed by atoms with Gasteiger partial charge < -0.3 is 34.3 Å². The zero-order chi connectivity index (χ0) is 33.5. The third-order valence-corrected chi connectivity index (χ3v) is 8.84. The maximum atomic E-state index is 12.0. The molecule has 0 aliphatic carbocycles. The van der Waals surface area contributed by atoms with Crippen LogP contribution in [0.1, 0.15) is 40.7 Å². The number of β-amino-alcohol motifs (C(OH)–C–C–N with tert-alkyl or cyclic N) is 1. The highest BCUT2D eigenvalue weighted by atomic mass is 35.5. The number of rotatable bonds is 13. The van der Waals surface area contributed by atoms with E-state index in [-0.39, 0.29) is 19.1 Å². The molecule has 48 heavy (non-hydrogen) atoms. The van der Waals surface area contributed by atoms with Gasteiger partial charge in [-0.3, -0.25) is 4.79 Å². The van der Waals surface area contributed by atoms with Crippen molar-refractivity contribution in [3.05, 3.63) is 106 Å². The summed E-state index contributed by atoms with van der Waals surface area (Å²) in [4.78, 5) is 13.7. The van der Waals surface area contributed by atoms with E-state index in [1.54, 1.807) is 29.2 Å². The van der Waals surface area contributed by atoms with Gasteiger partial charge in [0.2, 0.25) is 5.91 Å². The van der Waals surface area contributed by atoms with Crippen molar-refractivity contribution in [3.63, 3.8) is 0 Å². The number of halogens is 1. The van der Waals surface area contributed by atoms with Crippen LogP contribution in [0.25, 0.3) is 11.1 Å². The molecule has 2 aliphatic rings. The predicted octanol–water partition coefficient (Wildman–Crippen LogP) is 6.19. The van der Waals surface area contributed by atoms with Crippen LogP contribution >= 0.6 is 11.6 Å². The van der Waals surface area contributed by atoms with Crippen molar-refractivity contribution >= 4 is 17.5 Å². The molecule has 0 aromatic heterocycles. The smallest absolute Gasteiger partial charge is 0.222 e. The molecule has 0 bridgehead atoms. The van der Waals surface area contributed by atoms with Crippen LogP contribution in [0.5, 0.6) is 23.0 Å². The Morgan fingerprint density at radius 2 is 1.79 bits per heavy atom. The van der Waals surface area contributed by atoms with Gasteiger partial charge in [-0.05, 0) is 71.5 Å². The third kappa shape index (κ3) is 8.03. The zero-order valence-corrected chi connectivity index (χ0v) is 27.6. The van der Waals surface area contributed by atoms with Gasteiger partial charge in [-0.2, -0.15) is 5.26 Å². The quantitative estimate of drug-likeness (QED) is 0.174. The van der Waals surface area contributed by atoms with E-state index in [0.717, 1.165) is 51.3 Å². The number of aliphatic hydroxyl groups excluding tert-OH is 1. The lowest BCUT2D eigenvalue weighted by Crippen LogP contribution is -2.38. The summed E-state index contributed by atoms with van der Waals surface area (Å²) in [7, 11) is 0. The minimum Gasteiger partial charge on any atom is -0.488 e. The average Bonchev–Trinajstić information content (AvgIpc) is 3.51. The van der Waals surface area contributed by atoms with Crippen molar-refractivity contribution in [1.29, 1.82) is 5.26 Å². The number of likely N-dealkylation sites (tertiary alicyclic amines) is 1. The summed E-state index contributed by atoms with van der Waals surface area (Å²) in [5.41, 5.74) is 6.37. The van der Waals surface area contributed by atoms with Crippen molar-refractivity contribution in [2.45, 2.75) is 45.6 Å². The second-order valence-corrected chi connectivity index (χ2v) is 12.4. The summed E-state index contributed by atoms with van der Waals surface area (Å²) in [6.45, 7) is 5.31.